The van der Waals surface area contributed by atoms with Crippen molar-refractivity contribution >= 4 is 0 Å². The molecule has 1 aromatic rings. The maximum Gasteiger partial charge on any atom is 0.0590 e. The summed E-state index contributed by atoms with van der Waals surface area (Å²) in [6.45, 7) is 6.74. The van der Waals surface area contributed by atoms with E-state index in [0.717, 1.165) is 13.2 Å². The fourth-order valence-corrected chi connectivity index (χ4v) is 2.84. The van der Waals surface area contributed by atoms with Crippen LogP contribution in [0.3, 0.4) is 0 Å². The van der Waals surface area contributed by atoms with Crippen LogP contribution in [-0.2, 0) is 4.74 Å². The Labute approximate surface area is 116 Å². The first-order valence-electron chi connectivity index (χ1n) is 7.19. The van der Waals surface area contributed by atoms with Gasteiger partial charge in [-0.05, 0) is 37.8 Å². The zero-order valence-electron chi connectivity index (χ0n) is 12.4. The number of nitrogens with zero attached hydrogens (tertiary/aromatic N) is 1. The first kappa shape index (κ1) is 14.5. The molecule has 0 aromatic heterocycles. The van der Waals surface area contributed by atoms with Crippen LogP contribution in [0.25, 0.3) is 0 Å². The largest absolute Gasteiger partial charge is 0.383 e. The van der Waals surface area contributed by atoms with Gasteiger partial charge in [-0.3, -0.25) is 4.90 Å². The summed E-state index contributed by atoms with van der Waals surface area (Å²) >= 11 is 0. The van der Waals surface area contributed by atoms with E-state index in [2.05, 4.69) is 36.9 Å². The lowest BCUT2D eigenvalue weighted by Crippen LogP contribution is -2.38. The van der Waals surface area contributed by atoms with Gasteiger partial charge < -0.3 is 10.5 Å². The first-order valence-corrected chi connectivity index (χ1v) is 7.19. The molecule has 19 heavy (non-hydrogen) atoms. The van der Waals surface area contributed by atoms with Crippen molar-refractivity contribution in [3.05, 3.63) is 34.9 Å². The lowest BCUT2D eigenvalue weighted by Gasteiger charge is -2.32. The third-order valence-corrected chi connectivity index (χ3v) is 3.98. The van der Waals surface area contributed by atoms with Gasteiger partial charge in [0.25, 0.3) is 0 Å². The molecule has 1 fully saturated rings. The van der Waals surface area contributed by atoms with Crippen molar-refractivity contribution in [3.8, 4) is 0 Å². The average molecular weight is 262 g/mol. The van der Waals surface area contributed by atoms with Crippen LogP contribution < -0.4 is 5.73 Å². The van der Waals surface area contributed by atoms with Gasteiger partial charge in [0.2, 0.25) is 0 Å². The number of ether oxygens (including phenoxy) is 1. The van der Waals surface area contributed by atoms with E-state index in [1.807, 2.05) is 0 Å². The Balaban J connectivity index is 2.20. The molecule has 1 saturated carbocycles. The van der Waals surface area contributed by atoms with E-state index in [1.54, 1.807) is 7.11 Å². The average Bonchev–Trinajstić information content (AvgIpc) is 3.20. The second-order valence-electron chi connectivity index (χ2n) is 5.57. The molecule has 0 saturated heterocycles. The van der Waals surface area contributed by atoms with Crippen LogP contribution in [0, 0.1) is 13.8 Å². The highest BCUT2D eigenvalue weighted by Crippen LogP contribution is 2.34. The molecule has 0 radical (unpaired) electrons. The molecule has 0 aliphatic heterocycles. The van der Waals surface area contributed by atoms with Crippen LogP contribution in [0.1, 0.15) is 35.6 Å². The summed E-state index contributed by atoms with van der Waals surface area (Å²) in [5.74, 6) is 0. The zero-order valence-corrected chi connectivity index (χ0v) is 12.4. The number of methoxy groups -OCH3 is 1. The van der Waals surface area contributed by atoms with Crippen LogP contribution in [0.2, 0.25) is 0 Å². The Bertz CT molecular complexity index is 415. The van der Waals surface area contributed by atoms with E-state index in [0.29, 0.717) is 18.6 Å². The number of aryl methyl sites for hydroxylation is 2. The molecule has 1 aliphatic carbocycles. The van der Waals surface area contributed by atoms with Crippen LogP contribution in [0.5, 0.6) is 0 Å². The molecular formula is C16H26N2O. The Morgan fingerprint density at radius 2 is 2.11 bits per heavy atom. The smallest absolute Gasteiger partial charge is 0.0590 e. The molecule has 1 unspecified atom stereocenters. The Kier molecular flexibility index (Phi) is 4.97. The molecule has 1 aromatic carbocycles. The van der Waals surface area contributed by atoms with Gasteiger partial charge in [0, 0.05) is 32.3 Å². The van der Waals surface area contributed by atoms with E-state index in [4.69, 9.17) is 10.5 Å². The molecule has 3 heteroatoms. The Morgan fingerprint density at radius 3 is 2.63 bits per heavy atom. The lowest BCUT2D eigenvalue weighted by molar-refractivity contribution is 0.115. The van der Waals surface area contributed by atoms with Crippen LogP contribution >= 0.6 is 0 Å². The van der Waals surface area contributed by atoms with Crippen LogP contribution in [-0.4, -0.2) is 37.7 Å². The van der Waals surface area contributed by atoms with E-state index in [9.17, 15) is 0 Å². The Morgan fingerprint density at radius 1 is 1.37 bits per heavy atom. The van der Waals surface area contributed by atoms with Crippen molar-refractivity contribution in [3.63, 3.8) is 0 Å². The minimum atomic E-state index is 0.322. The standard InChI is InChI=1S/C16H26N2O/c1-12-4-7-15(13(2)10-12)16(11-17)18(8-9-19-3)14-5-6-14/h4,7,10,14,16H,5-6,8-9,11,17H2,1-3H3. The molecule has 106 valence electrons. The number of benzene rings is 1. The predicted molar refractivity (Wildman–Crippen MR) is 79.3 cm³/mol. The number of nitrogens with two attached hydrogens (primary N) is 1. The minimum absolute atomic E-state index is 0.322. The highest BCUT2D eigenvalue weighted by atomic mass is 16.5. The molecule has 0 amide bonds. The van der Waals surface area contributed by atoms with Crippen molar-refractivity contribution in [2.24, 2.45) is 5.73 Å². The van der Waals surface area contributed by atoms with Crippen LogP contribution in [0.4, 0.5) is 0 Å². The van der Waals surface area contributed by atoms with E-state index in [1.165, 1.54) is 29.5 Å². The van der Waals surface area contributed by atoms with E-state index < -0.39 is 0 Å². The third kappa shape index (κ3) is 3.56. The molecule has 1 aliphatic rings. The third-order valence-electron chi connectivity index (χ3n) is 3.98. The summed E-state index contributed by atoms with van der Waals surface area (Å²) in [7, 11) is 1.76. The lowest BCUT2D eigenvalue weighted by atomic mass is 9.98. The van der Waals surface area contributed by atoms with Gasteiger partial charge >= 0.3 is 0 Å². The number of rotatable bonds is 7. The summed E-state index contributed by atoms with van der Waals surface area (Å²) in [4.78, 5) is 2.53. The maximum atomic E-state index is 6.07. The number of hydrogen-bond donors (Lipinski definition) is 1. The minimum Gasteiger partial charge on any atom is -0.383 e. The van der Waals surface area contributed by atoms with Crippen molar-refractivity contribution in [1.82, 2.24) is 4.90 Å². The fourth-order valence-electron chi connectivity index (χ4n) is 2.84. The van der Waals surface area contributed by atoms with Crippen molar-refractivity contribution in [1.29, 1.82) is 0 Å². The Hall–Kier alpha value is -0.900. The molecule has 3 nitrogen and oxygen atoms in total. The predicted octanol–water partition coefficient (Wildman–Crippen LogP) is 2.41. The fraction of sp³-hybridized carbons (Fsp3) is 0.625. The summed E-state index contributed by atoms with van der Waals surface area (Å²) in [5, 5.41) is 0. The highest BCUT2D eigenvalue weighted by molar-refractivity contribution is 5.33. The molecular weight excluding hydrogens is 236 g/mol. The van der Waals surface area contributed by atoms with E-state index in [-0.39, 0.29) is 0 Å². The van der Waals surface area contributed by atoms with Gasteiger partial charge in [-0.15, -0.1) is 0 Å². The van der Waals surface area contributed by atoms with Gasteiger partial charge in [-0.1, -0.05) is 23.8 Å². The number of hydrogen-bond acceptors (Lipinski definition) is 3. The van der Waals surface area contributed by atoms with Crippen molar-refractivity contribution in [2.45, 2.75) is 38.8 Å². The van der Waals surface area contributed by atoms with Gasteiger partial charge in [-0.25, -0.2) is 0 Å². The van der Waals surface area contributed by atoms with Gasteiger partial charge in [0.1, 0.15) is 0 Å². The van der Waals surface area contributed by atoms with Gasteiger partial charge in [0.15, 0.2) is 0 Å². The molecule has 2 rings (SSSR count). The normalized spacial score (nSPS) is 16.9. The molecule has 1 atom stereocenters. The summed E-state index contributed by atoms with van der Waals surface area (Å²) < 4.78 is 5.25. The topological polar surface area (TPSA) is 38.5 Å². The molecule has 0 spiro atoms. The van der Waals surface area contributed by atoms with Gasteiger partial charge in [0.05, 0.1) is 6.61 Å². The van der Waals surface area contributed by atoms with Crippen molar-refractivity contribution in [2.75, 3.05) is 26.8 Å². The second kappa shape index (κ2) is 6.51. The monoisotopic (exact) mass is 262 g/mol. The zero-order chi connectivity index (χ0) is 13.8. The van der Waals surface area contributed by atoms with Crippen molar-refractivity contribution < 1.29 is 4.74 Å². The molecule has 0 heterocycles. The first-order chi connectivity index (χ1) is 9.17. The second-order valence-corrected chi connectivity index (χ2v) is 5.57. The summed E-state index contributed by atoms with van der Waals surface area (Å²) in [6, 6.07) is 7.70. The SMILES string of the molecule is COCCN(C1CC1)C(CN)c1ccc(C)cc1C. The summed E-state index contributed by atoms with van der Waals surface area (Å²) in [5.41, 5.74) is 10.1. The van der Waals surface area contributed by atoms with Gasteiger partial charge in [-0.2, -0.15) is 0 Å². The molecule has 0 bridgehead atoms. The summed E-state index contributed by atoms with van der Waals surface area (Å²) in [6.07, 6.45) is 2.59. The molecule has 2 N–H and O–H groups in total. The maximum absolute atomic E-state index is 6.07. The van der Waals surface area contributed by atoms with Crippen LogP contribution in [0.15, 0.2) is 18.2 Å². The quantitative estimate of drug-likeness (QED) is 0.820. The van der Waals surface area contributed by atoms with E-state index >= 15 is 0 Å². The highest BCUT2D eigenvalue weighted by Gasteiger charge is 2.34.